The average Bonchev–Trinajstić information content (AvgIpc) is 2.97. The monoisotopic (exact) mass is 316 g/mol. The van der Waals surface area contributed by atoms with Crippen molar-refractivity contribution in [1.82, 2.24) is 9.29 Å². The van der Waals surface area contributed by atoms with Gasteiger partial charge in [0.2, 0.25) is 10.0 Å². The first-order valence-corrected chi connectivity index (χ1v) is 9.34. The zero-order valence-electron chi connectivity index (χ0n) is 12.6. The molecule has 1 fully saturated rings. The molecule has 0 amide bonds. The molecule has 0 saturated carbocycles. The highest BCUT2D eigenvalue weighted by Gasteiger charge is 2.28. The fourth-order valence-electron chi connectivity index (χ4n) is 2.92. The summed E-state index contributed by atoms with van der Waals surface area (Å²) < 4.78 is 24.7. The van der Waals surface area contributed by atoms with E-state index in [1.165, 1.54) is 6.26 Å². The van der Waals surface area contributed by atoms with Gasteiger partial charge in [-0.3, -0.25) is 4.98 Å². The van der Waals surface area contributed by atoms with Gasteiger partial charge in [0.15, 0.2) is 0 Å². The van der Waals surface area contributed by atoms with Crippen LogP contribution in [-0.2, 0) is 16.4 Å². The van der Waals surface area contributed by atoms with Crippen LogP contribution in [-0.4, -0.2) is 37.1 Å². The lowest BCUT2D eigenvalue weighted by atomic mass is 10.0. The minimum absolute atomic E-state index is 0.355. The molecule has 0 aliphatic carbocycles. The molecule has 1 aliphatic rings. The van der Waals surface area contributed by atoms with Gasteiger partial charge >= 0.3 is 0 Å². The Hall–Kier alpha value is -1.72. The van der Waals surface area contributed by atoms with Gasteiger partial charge in [0.05, 0.1) is 11.9 Å². The maximum Gasteiger partial charge on any atom is 0.211 e. The normalized spacial score (nSPS) is 19.4. The molecule has 1 aliphatic heterocycles. The van der Waals surface area contributed by atoms with Gasteiger partial charge in [-0.1, -0.05) is 36.4 Å². The Morgan fingerprint density at radius 3 is 2.59 bits per heavy atom. The Morgan fingerprint density at radius 2 is 1.91 bits per heavy atom. The van der Waals surface area contributed by atoms with E-state index in [2.05, 4.69) is 0 Å². The van der Waals surface area contributed by atoms with Crippen LogP contribution in [0, 0.1) is 5.92 Å². The lowest BCUT2D eigenvalue weighted by Crippen LogP contribution is -2.27. The van der Waals surface area contributed by atoms with Crippen LogP contribution < -0.4 is 0 Å². The highest BCUT2D eigenvalue weighted by Crippen LogP contribution is 2.23. The first-order valence-electron chi connectivity index (χ1n) is 7.49. The van der Waals surface area contributed by atoms with Crippen molar-refractivity contribution in [3.63, 3.8) is 0 Å². The molecule has 1 atom stereocenters. The van der Waals surface area contributed by atoms with Crippen molar-refractivity contribution in [3.05, 3.63) is 54.2 Å². The molecule has 2 heterocycles. The molecule has 0 spiro atoms. The largest absolute Gasteiger partial charge is 0.253 e. The molecule has 116 valence electrons. The quantitative estimate of drug-likeness (QED) is 0.871. The van der Waals surface area contributed by atoms with E-state index in [1.807, 2.05) is 48.5 Å². The molecule has 1 unspecified atom stereocenters. The molecule has 0 radical (unpaired) electrons. The van der Waals surface area contributed by atoms with E-state index in [0.717, 1.165) is 29.8 Å². The van der Waals surface area contributed by atoms with Crippen LogP contribution in [0.1, 0.15) is 12.1 Å². The first-order chi connectivity index (χ1) is 10.5. The second-order valence-corrected chi connectivity index (χ2v) is 7.84. The SMILES string of the molecule is CS(=O)(=O)N1CCC(Cc2cccc(-c3ccccc3)n2)C1. The second-order valence-electron chi connectivity index (χ2n) is 5.86. The number of hydrogen-bond donors (Lipinski definition) is 0. The fourth-order valence-corrected chi connectivity index (χ4v) is 3.84. The Morgan fingerprint density at radius 1 is 1.14 bits per heavy atom. The van der Waals surface area contributed by atoms with Crippen LogP contribution >= 0.6 is 0 Å². The summed E-state index contributed by atoms with van der Waals surface area (Å²) in [5.74, 6) is 0.355. The number of nitrogens with zero attached hydrogens (tertiary/aromatic N) is 2. The lowest BCUT2D eigenvalue weighted by molar-refractivity contribution is 0.459. The zero-order chi connectivity index (χ0) is 15.6. The fraction of sp³-hybridized carbons (Fsp3) is 0.353. The third-order valence-electron chi connectivity index (χ3n) is 4.09. The Balaban J connectivity index is 1.72. The zero-order valence-corrected chi connectivity index (χ0v) is 13.5. The van der Waals surface area contributed by atoms with Crippen LogP contribution in [0.15, 0.2) is 48.5 Å². The number of sulfonamides is 1. The summed E-state index contributed by atoms with van der Waals surface area (Å²) in [6.07, 6.45) is 3.01. The van der Waals surface area contributed by atoms with Gasteiger partial charge in [-0.2, -0.15) is 0 Å². The first kappa shape index (κ1) is 15.2. The van der Waals surface area contributed by atoms with Crippen molar-refractivity contribution in [2.45, 2.75) is 12.8 Å². The number of benzene rings is 1. The van der Waals surface area contributed by atoms with Gasteiger partial charge in [0.25, 0.3) is 0 Å². The Kier molecular flexibility index (Phi) is 4.27. The maximum absolute atomic E-state index is 11.6. The van der Waals surface area contributed by atoms with Gasteiger partial charge in [-0.05, 0) is 30.9 Å². The summed E-state index contributed by atoms with van der Waals surface area (Å²) >= 11 is 0. The van der Waals surface area contributed by atoms with E-state index in [-0.39, 0.29) is 0 Å². The molecule has 4 nitrogen and oxygen atoms in total. The van der Waals surface area contributed by atoms with E-state index in [9.17, 15) is 8.42 Å². The minimum Gasteiger partial charge on any atom is -0.253 e. The molecule has 0 N–H and O–H groups in total. The molecule has 1 aromatic carbocycles. The van der Waals surface area contributed by atoms with Crippen molar-refractivity contribution in [1.29, 1.82) is 0 Å². The standard InChI is InChI=1S/C17H20N2O2S/c1-22(20,21)19-11-10-14(13-19)12-16-8-5-9-17(18-16)15-6-3-2-4-7-15/h2-9,14H,10-13H2,1H3. The van der Waals surface area contributed by atoms with Crippen molar-refractivity contribution in [2.24, 2.45) is 5.92 Å². The number of rotatable bonds is 4. The summed E-state index contributed by atoms with van der Waals surface area (Å²) in [4.78, 5) is 4.73. The van der Waals surface area contributed by atoms with Crippen LogP contribution in [0.5, 0.6) is 0 Å². The van der Waals surface area contributed by atoms with Gasteiger partial charge in [-0.15, -0.1) is 0 Å². The summed E-state index contributed by atoms with van der Waals surface area (Å²) in [7, 11) is -3.07. The van der Waals surface area contributed by atoms with E-state index in [1.54, 1.807) is 4.31 Å². The minimum atomic E-state index is -3.07. The Bertz CT molecular complexity index is 744. The van der Waals surface area contributed by atoms with Crippen LogP contribution in [0.25, 0.3) is 11.3 Å². The second kappa shape index (κ2) is 6.18. The molecule has 1 aromatic heterocycles. The highest BCUT2D eigenvalue weighted by atomic mass is 32.2. The van der Waals surface area contributed by atoms with Gasteiger partial charge in [0.1, 0.15) is 0 Å². The van der Waals surface area contributed by atoms with Crippen molar-refractivity contribution in [2.75, 3.05) is 19.3 Å². The topological polar surface area (TPSA) is 50.3 Å². The van der Waals surface area contributed by atoms with E-state index < -0.39 is 10.0 Å². The molecule has 0 bridgehead atoms. The number of hydrogen-bond acceptors (Lipinski definition) is 3. The third kappa shape index (κ3) is 3.54. The molecule has 2 aromatic rings. The maximum atomic E-state index is 11.6. The van der Waals surface area contributed by atoms with E-state index in [4.69, 9.17) is 4.98 Å². The summed E-state index contributed by atoms with van der Waals surface area (Å²) in [5.41, 5.74) is 3.10. The van der Waals surface area contributed by atoms with Crippen LogP contribution in [0.3, 0.4) is 0 Å². The molecule has 5 heteroatoms. The molecule has 3 rings (SSSR count). The molecule has 22 heavy (non-hydrogen) atoms. The van der Waals surface area contributed by atoms with Crippen molar-refractivity contribution in [3.8, 4) is 11.3 Å². The van der Waals surface area contributed by atoms with Crippen LogP contribution in [0.2, 0.25) is 0 Å². The molecular formula is C17H20N2O2S. The summed E-state index contributed by atoms with van der Waals surface area (Å²) in [6.45, 7) is 1.23. The average molecular weight is 316 g/mol. The van der Waals surface area contributed by atoms with E-state index in [0.29, 0.717) is 19.0 Å². The predicted octanol–water partition coefficient (Wildman–Crippen LogP) is 2.57. The van der Waals surface area contributed by atoms with Gasteiger partial charge in [0, 0.05) is 24.3 Å². The summed E-state index contributed by atoms with van der Waals surface area (Å²) in [5, 5.41) is 0. The lowest BCUT2D eigenvalue weighted by Gasteiger charge is -2.13. The van der Waals surface area contributed by atoms with Crippen LogP contribution in [0.4, 0.5) is 0 Å². The molecule has 1 saturated heterocycles. The smallest absolute Gasteiger partial charge is 0.211 e. The van der Waals surface area contributed by atoms with Gasteiger partial charge < -0.3 is 0 Å². The third-order valence-corrected chi connectivity index (χ3v) is 5.36. The number of pyridine rings is 1. The summed E-state index contributed by atoms with van der Waals surface area (Å²) in [6, 6.07) is 16.2. The van der Waals surface area contributed by atoms with Crippen molar-refractivity contribution >= 4 is 10.0 Å². The van der Waals surface area contributed by atoms with E-state index >= 15 is 0 Å². The Labute approximate surface area is 131 Å². The number of aromatic nitrogens is 1. The molecular weight excluding hydrogens is 296 g/mol. The van der Waals surface area contributed by atoms with Gasteiger partial charge in [-0.25, -0.2) is 12.7 Å². The van der Waals surface area contributed by atoms with Crippen molar-refractivity contribution < 1.29 is 8.42 Å². The highest BCUT2D eigenvalue weighted by molar-refractivity contribution is 7.88. The predicted molar refractivity (Wildman–Crippen MR) is 87.9 cm³/mol.